The van der Waals surface area contributed by atoms with Gasteiger partial charge < -0.3 is 20.2 Å². The van der Waals surface area contributed by atoms with Crippen LogP contribution in [0.2, 0.25) is 0 Å². The molecule has 0 radical (unpaired) electrons. The Morgan fingerprint density at radius 3 is 2.88 bits per heavy atom. The fraction of sp³-hybridized carbons (Fsp3) is 0.545. The Bertz CT molecular complexity index is 336. The minimum Gasteiger partial charge on any atom is -0.455 e. The monoisotopic (exact) mass is 226 g/mol. The molecule has 1 amide bonds. The van der Waals surface area contributed by atoms with Gasteiger partial charge in [-0.1, -0.05) is 6.92 Å². The van der Waals surface area contributed by atoms with Crippen molar-refractivity contribution in [3.63, 3.8) is 0 Å². The molecule has 3 N–H and O–H groups in total. The van der Waals surface area contributed by atoms with Crippen LogP contribution in [0, 0.1) is 0 Å². The predicted octanol–water partition coefficient (Wildman–Crippen LogP) is 0.893. The van der Waals surface area contributed by atoms with Crippen LogP contribution < -0.4 is 11.1 Å². The molecule has 5 heteroatoms. The number of methoxy groups -OCH3 is 1. The third kappa shape index (κ3) is 3.36. The normalized spacial score (nSPS) is 12.4. The molecular formula is C11H18N2O3. The van der Waals surface area contributed by atoms with Crippen LogP contribution in [0.3, 0.4) is 0 Å². The van der Waals surface area contributed by atoms with Gasteiger partial charge in [0.15, 0.2) is 5.76 Å². The molecule has 0 aliphatic carbocycles. The number of hydrogen-bond acceptors (Lipinski definition) is 4. The highest BCUT2D eigenvalue weighted by Gasteiger charge is 2.14. The Kier molecular flexibility index (Phi) is 5.01. The van der Waals surface area contributed by atoms with Crippen LogP contribution in [0.5, 0.6) is 0 Å². The van der Waals surface area contributed by atoms with Crippen molar-refractivity contribution in [2.45, 2.75) is 25.9 Å². The Balaban J connectivity index is 2.56. The molecule has 1 rings (SSSR count). The zero-order valence-corrected chi connectivity index (χ0v) is 9.66. The van der Waals surface area contributed by atoms with Crippen molar-refractivity contribution >= 4 is 5.91 Å². The molecule has 1 aromatic heterocycles. The second kappa shape index (κ2) is 6.30. The van der Waals surface area contributed by atoms with Gasteiger partial charge in [-0.25, -0.2) is 0 Å². The fourth-order valence-electron chi connectivity index (χ4n) is 1.33. The van der Waals surface area contributed by atoms with Crippen molar-refractivity contribution in [3.05, 3.63) is 23.7 Å². The smallest absolute Gasteiger partial charge is 0.287 e. The minimum absolute atomic E-state index is 0.00364. The van der Waals surface area contributed by atoms with E-state index in [9.17, 15) is 4.79 Å². The van der Waals surface area contributed by atoms with Crippen molar-refractivity contribution in [1.29, 1.82) is 0 Å². The molecule has 0 saturated carbocycles. The van der Waals surface area contributed by atoms with Gasteiger partial charge in [-0.2, -0.15) is 0 Å². The van der Waals surface area contributed by atoms with E-state index >= 15 is 0 Å². The summed E-state index contributed by atoms with van der Waals surface area (Å²) in [6, 6.07) is 3.33. The molecule has 1 unspecified atom stereocenters. The summed E-state index contributed by atoms with van der Waals surface area (Å²) in [7, 11) is 1.61. The molecule has 0 spiro atoms. The van der Waals surface area contributed by atoms with E-state index in [1.807, 2.05) is 6.92 Å². The van der Waals surface area contributed by atoms with E-state index in [2.05, 4.69) is 5.32 Å². The van der Waals surface area contributed by atoms with Gasteiger partial charge in [-0.05, 0) is 18.6 Å². The zero-order chi connectivity index (χ0) is 12.0. The van der Waals surface area contributed by atoms with Crippen LogP contribution in [-0.2, 0) is 11.3 Å². The first kappa shape index (κ1) is 12.7. The minimum atomic E-state index is -0.233. The van der Waals surface area contributed by atoms with E-state index in [0.29, 0.717) is 18.9 Å². The quantitative estimate of drug-likeness (QED) is 0.755. The number of nitrogens with one attached hydrogen (secondary N) is 1. The molecular weight excluding hydrogens is 208 g/mol. The topological polar surface area (TPSA) is 77.5 Å². The number of amides is 1. The van der Waals surface area contributed by atoms with E-state index < -0.39 is 0 Å². The lowest BCUT2D eigenvalue weighted by Crippen LogP contribution is -2.37. The zero-order valence-electron chi connectivity index (χ0n) is 9.66. The Morgan fingerprint density at radius 2 is 2.38 bits per heavy atom. The molecule has 1 heterocycles. The maximum Gasteiger partial charge on any atom is 0.287 e. The Labute approximate surface area is 94.9 Å². The van der Waals surface area contributed by atoms with Crippen LogP contribution in [0.25, 0.3) is 0 Å². The average Bonchev–Trinajstić information content (AvgIpc) is 2.76. The molecule has 16 heavy (non-hydrogen) atoms. The molecule has 0 fully saturated rings. The molecule has 5 nitrogen and oxygen atoms in total. The standard InChI is InChI=1S/C11H18N2O3/c1-3-8(7-15-2)13-11(14)10-5-4-9(6-12)16-10/h4-5,8H,3,6-7,12H2,1-2H3,(H,13,14). The van der Waals surface area contributed by atoms with Gasteiger partial charge >= 0.3 is 0 Å². The highest BCUT2D eigenvalue weighted by molar-refractivity contribution is 5.91. The van der Waals surface area contributed by atoms with Crippen molar-refractivity contribution < 1.29 is 13.9 Å². The number of carbonyl (C=O) groups is 1. The van der Waals surface area contributed by atoms with Crippen molar-refractivity contribution in [3.8, 4) is 0 Å². The summed E-state index contributed by atoms with van der Waals surface area (Å²) in [4.78, 5) is 11.7. The number of carbonyl (C=O) groups excluding carboxylic acids is 1. The van der Waals surface area contributed by atoms with Crippen LogP contribution in [0.1, 0.15) is 29.7 Å². The summed E-state index contributed by atoms with van der Waals surface area (Å²) in [6.45, 7) is 2.77. The highest BCUT2D eigenvalue weighted by atomic mass is 16.5. The van der Waals surface area contributed by atoms with Gasteiger partial charge in [0.25, 0.3) is 5.91 Å². The fourth-order valence-corrected chi connectivity index (χ4v) is 1.33. The second-order valence-corrected chi connectivity index (χ2v) is 3.50. The van der Waals surface area contributed by atoms with Gasteiger partial charge in [0, 0.05) is 7.11 Å². The van der Waals surface area contributed by atoms with Gasteiger partial charge in [0.05, 0.1) is 19.2 Å². The number of hydrogen-bond donors (Lipinski definition) is 2. The summed E-state index contributed by atoms with van der Waals surface area (Å²) in [5.74, 6) is 0.656. The van der Waals surface area contributed by atoms with Gasteiger partial charge in [-0.15, -0.1) is 0 Å². The second-order valence-electron chi connectivity index (χ2n) is 3.50. The lowest BCUT2D eigenvalue weighted by molar-refractivity contribution is 0.0865. The predicted molar refractivity (Wildman–Crippen MR) is 60.0 cm³/mol. The van der Waals surface area contributed by atoms with Crippen LogP contribution in [-0.4, -0.2) is 25.7 Å². The molecule has 0 bridgehead atoms. The maximum atomic E-state index is 11.7. The van der Waals surface area contributed by atoms with E-state index in [4.69, 9.17) is 14.9 Å². The SMILES string of the molecule is CCC(COC)NC(=O)c1ccc(CN)o1. The van der Waals surface area contributed by atoms with Crippen molar-refractivity contribution in [2.75, 3.05) is 13.7 Å². The summed E-state index contributed by atoms with van der Waals surface area (Å²) < 4.78 is 10.2. The molecule has 0 aliphatic heterocycles. The molecule has 0 aromatic carbocycles. The van der Waals surface area contributed by atoms with Gasteiger partial charge in [0.2, 0.25) is 0 Å². The lowest BCUT2D eigenvalue weighted by atomic mass is 10.2. The van der Waals surface area contributed by atoms with Crippen molar-refractivity contribution in [1.82, 2.24) is 5.32 Å². The molecule has 1 aromatic rings. The summed E-state index contributed by atoms with van der Waals surface area (Å²) in [6.07, 6.45) is 0.810. The first-order valence-corrected chi connectivity index (χ1v) is 5.29. The van der Waals surface area contributed by atoms with Crippen molar-refractivity contribution in [2.24, 2.45) is 5.73 Å². The first-order chi connectivity index (χ1) is 7.71. The number of furan rings is 1. The maximum absolute atomic E-state index is 11.7. The third-order valence-electron chi connectivity index (χ3n) is 2.28. The highest BCUT2D eigenvalue weighted by Crippen LogP contribution is 2.07. The van der Waals surface area contributed by atoms with Crippen LogP contribution >= 0.6 is 0 Å². The van der Waals surface area contributed by atoms with Gasteiger partial charge in [0.1, 0.15) is 5.76 Å². The summed E-state index contributed by atoms with van der Waals surface area (Å²) in [5, 5.41) is 2.82. The van der Waals surface area contributed by atoms with Gasteiger partial charge in [-0.3, -0.25) is 4.79 Å². The largest absolute Gasteiger partial charge is 0.455 e. The van der Waals surface area contributed by atoms with E-state index in [-0.39, 0.29) is 17.7 Å². The average molecular weight is 226 g/mol. The van der Waals surface area contributed by atoms with E-state index in [1.165, 1.54) is 0 Å². The van der Waals surface area contributed by atoms with Crippen LogP contribution in [0.15, 0.2) is 16.5 Å². The number of ether oxygens (including phenoxy) is 1. The van der Waals surface area contributed by atoms with E-state index in [1.54, 1.807) is 19.2 Å². The van der Waals surface area contributed by atoms with Crippen LogP contribution in [0.4, 0.5) is 0 Å². The summed E-state index contributed by atoms with van der Waals surface area (Å²) >= 11 is 0. The Hall–Kier alpha value is -1.33. The summed E-state index contributed by atoms with van der Waals surface area (Å²) in [5.41, 5.74) is 5.39. The first-order valence-electron chi connectivity index (χ1n) is 5.29. The lowest BCUT2D eigenvalue weighted by Gasteiger charge is -2.14. The number of rotatable bonds is 6. The number of nitrogens with two attached hydrogens (primary N) is 1. The molecule has 1 atom stereocenters. The molecule has 0 saturated heterocycles. The third-order valence-corrected chi connectivity index (χ3v) is 2.28. The molecule has 90 valence electrons. The molecule has 0 aliphatic rings. The Morgan fingerprint density at radius 1 is 1.62 bits per heavy atom. The van der Waals surface area contributed by atoms with E-state index in [0.717, 1.165) is 6.42 Å².